The van der Waals surface area contributed by atoms with Gasteiger partial charge >= 0.3 is 0 Å². The Morgan fingerprint density at radius 2 is 1.59 bits per heavy atom. The van der Waals surface area contributed by atoms with Gasteiger partial charge in [0, 0.05) is 5.57 Å². The van der Waals surface area contributed by atoms with Crippen LogP contribution in [0.4, 0.5) is 4.39 Å². The maximum absolute atomic E-state index is 12.8. The van der Waals surface area contributed by atoms with E-state index in [-0.39, 0.29) is 5.82 Å². The molecule has 2 rings (SSSR count). The summed E-state index contributed by atoms with van der Waals surface area (Å²) in [4.78, 5) is 11.0. The van der Waals surface area contributed by atoms with Crippen LogP contribution in [-0.4, -0.2) is 6.29 Å². The highest BCUT2D eigenvalue weighted by atomic mass is 19.1. The van der Waals surface area contributed by atoms with Crippen molar-refractivity contribution < 1.29 is 9.18 Å². The molecule has 0 unspecified atom stereocenters. The second kappa shape index (κ2) is 5.21. The largest absolute Gasteiger partial charge is 0.298 e. The van der Waals surface area contributed by atoms with Gasteiger partial charge in [-0.2, -0.15) is 0 Å². The Morgan fingerprint density at radius 1 is 0.941 bits per heavy atom. The van der Waals surface area contributed by atoms with Crippen molar-refractivity contribution in [1.29, 1.82) is 0 Å². The van der Waals surface area contributed by atoms with Crippen molar-refractivity contribution in [2.24, 2.45) is 0 Å². The minimum atomic E-state index is -0.307. The molecule has 0 saturated carbocycles. The topological polar surface area (TPSA) is 17.1 Å². The van der Waals surface area contributed by atoms with Crippen molar-refractivity contribution in [2.75, 3.05) is 0 Å². The van der Waals surface area contributed by atoms with Crippen LogP contribution in [0.3, 0.4) is 0 Å². The molecule has 0 bridgehead atoms. The molecule has 2 aromatic rings. The van der Waals surface area contributed by atoms with E-state index in [2.05, 4.69) is 0 Å². The molecule has 2 heteroatoms. The zero-order valence-electron chi connectivity index (χ0n) is 9.14. The molecule has 0 saturated heterocycles. The SMILES string of the molecule is O=C/C(=C\c1ccccc1)c1ccc(F)cc1. The molecular formula is C15H11FO. The molecule has 0 amide bonds. The van der Waals surface area contributed by atoms with Gasteiger partial charge in [-0.05, 0) is 29.3 Å². The Labute approximate surface area is 99.2 Å². The first-order valence-electron chi connectivity index (χ1n) is 5.27. The van der Waals surface area contributed by atoms with E-state index < -0.39 is 0 Å². The van der Waals surface area contributed by atoms with Crippen LogP contribution in [0.2, 0.25) is 0 Å². The normalized spacial score (nSPS) is 11.2. The zero-order valence-corrected chi connectivity index (χ0v) is 9.14. The molecular weight excluding hydrogens is 215 g/mol. The molecule has 0 aliphatic carbocycles. The summed E-state index contributed by atoms with van der Waals surface area (Å²) < 4.78 is 12.8. The second-order valence-corrected chi connectivity index (χ2v) is 3.64. The fourth-order valence-electron chi connectivity index (χ4n) is 1.56. The number of carbonyl (C=O) groups excluding carboxylic acids is 1. The van der Waals surface area contributed by atoms with E-state index in [9.17, 15) is 9.18 Å². The van der Waals surface area contributed by atoms with Crippen LogP contribution in [0.25, 0.3) is 11.6 Å². The third kappa shape index (κ3) is 2.88. The Balaban J connectivity index is 2.37. The van der Waals surface area contributed by atoms with Gasteiger partial charge in [0.25, 0.3) is 0 Å². The van der Waals surface area contributed by atoms with Crippen molar-refractivity contribution in [3.05, 3.63) is 71.5 Å². The van der Waals surface area contributed by atoms with Gasteiger partial charge in [-0.25, -0.2) is 4.39 Å². The molecule has 0 fully saturated rings. The first-order valence-corrected chi connectivity index (χ1v) is 5.27. The van der Waals surface area contributed by atoms with Crippen molar-refractivity contribution >= 4 is 17.9 Å². The molecule has 2 aromatic carbocycles. The van der Waals surface area contributed by atoms with Crippen molar-refractivity contribution in [2.45, 2.75) is 0 Å². The van der Waals surface area contributed by atoms with Crippen LogP contribution in [0.15, 0.2) is 54.6 Å². The number of hydrogen-bond acceptors (Lipinski definition) is 1. The van der Waals surface area contributed by atoms with Crippen LogP contribution in [0.1, 0.15) is 11.1 Å². The maximum Gasteiger partial charge on any atom is 0.150 e. The van der Waals surface area contributed by atoms with Gasteiger partial charge in [0.05, 0.1) is 0 Å². The molecule has 0 N–H and O–H groups in total. The standard InChI is InChI=1S/C15H11FO/c16-15-8-6-13(7-9-15)14(11-17)10-12-4-2-1-3-5-12/h1-11H/b14-10+. The van der Waals surface area contributed by atoms with Gasteiger partial charge in [-0.15, -0.1) is 0 Å². The quantitative estimate of drug-likeness (QED) is 0.444. The Morgan fingerprint density at radius 3 is 2.18 bits per heavy atom. The van der Waals surface area contributed by atoms with Gasteiger partial charge in [0.15, 0.2) is 6.29 Å². The van der Waals surface area contributed by atoms with Gasteiger partial charge in [-0.1, -0.05) is 42.5 Å². The summed E-state index contributed by atoms with van der Waals surface area (Å²) in [5, 5.41) is 0. The zero-order chi connectivity index (χ0) is 12.1. The number of allylic oxidation sites excluding steroid dienone is 1. The summed E-state index contributed by atoms with van der Waals surface area (Å²) in [7, 11) is 0. The summed E-state index contributed by atoms with van der Waals surface area (Å²) in [5.41, 5.74) is 2.19. The summed E-state index contributed by atoms with van der Waals surface area (Å²) in [6.45, 7) is 0. The van der Waals surface area contributed by atoms with E-state index in [1.54, 1.807) is 18.2 Å². The minimum Gasteiger partial charge on any atom is -0.298 e. The predicted octanol–water partition coefficient (Wildman–Crippen LogP) is 3.57. The molecule has 0 aliphatic heterocycles. The summed E-state index contributed by atoms with van der Waals surface area (Å²) in [5.74, 6) is -0.307. The number of halogens is 1. The lowest BCUT2D eigenvalue weighted by atomic mass is 10.0. The Kier molecular flexibility index (Phi) is 3.46. The molecule has 0 aliphatic rings. The van der Waals surface area contributed by atoms with Gasteiger partial charge in [0.1, 0.15) is 5.82 Å². The summed E-state index contributed by atoms with van der Waals surface area (Å²) in [6, 6.07) is 15.4. The third-order valence-corrected chi connectivity index (χ3v) is 2.43. The first-order chi connectivity index (χ1) is 8.29. The van der Waals surface area contributed by atoms with Gasteiger partial charge in [-0.3, -0.25) is 4.79 Å². The second-order valence-electron chi connectivity index (χ2n) is 3.64. The number of carbonyl (C=O) groups is 1. The lowest BCUT2D eigenvalue weighted by Crippen LogP contribution is -1.86. The average Bonchev–Trinajstić information content (AvgIpc) is 2.38. The predicted molar refractivity (Wildman–Crippen MR) is 66.8 cm³/mol. The molecule has 0 heterocycles. The number of hydrogen-bond donors (Lipinski definition) is 0. The van der Waals surface area contributed by atoms with Crippen molar-refractivity contribution in [3.8, 4) is 0 Å². The lowest BCUT2D eigenvalue weighted by Gasteiger charge is -2.00. The Hall–Kier alpha value is -2.22. The molecule has 84 valence electrons. The average molecular weight is 226 g/mol. The number of aldehydes is 1. The van der Waals surface area contributed by atoms with Crippen molar-refractivity contribution in [1.82, 2.24) is 0 Å². The van der Waals surface area contributed by atoms with Crippen LogP contribution in [0, 0.1) is 5.82 Å². The van der Waals surface area contributed by atoms with Crippen LogP contribution in [0.5, 0.6) is 0 Å². The Bertz CT molecular complexity index is 527. The van der Waals surface area contributed by atoms with E-state index >= 15 is 0 Å². The fraction of sp³-hybridized carbons (Fsp3) is 0. The highest BCUT2D eigenvalue weighted by Crippen LogP contribution is 2.16. The molecule has 0 aromatic heterocycles. The van der Waals surface area contributed by atoms with E-state index in [1.165, 1.54) is 12.1 Å². The summed E-state index contributed by atoms with van der Waals surface area (Å²) >= 11 is 0. The van der Waals surface area contributed by atoms with Crippen LogP contribution in [-0.2, 0) is 4.79 Å². The molecule has 17 heavy (non-hydrogen) atoms. The van der Waals surface area contributed by atoms with E-state index in [0.717, 1.165) is 11.8 Å². The van der Waals surface area contributed by atoms with Crippen LogP contribution >= 0.6 is 0 Å². The molecule has 0 radical (unpaired) electrons. The van der Waals surface area contributed by atoms with Gasteiger partial charge < -0.3 is 0 Å². The third-order valence-electron chi connectivity index (χ3n) is 2.43. The lowest BCUT2D eigenvalue weighted by molar-refractivity contribution is -0.103. The summed E-state index contributed by atoms with van der Waals surface area (Å²) in [6.07, 6.45) is 2.56. The molecule has 0 atom stereocenters. The monoisotopic (exact) mass is 226 g/mol. The fourth-order valence-corrected chi connectivity index (χ4v) is 1.56. The van der Waals surface area contributed by atoms with Crippen molar-refractivity contribution in [3.63, 3.8) is 0 Å². The molecule has 0 spiro atoms. The van der Waals surface area contributed by atoms with E-state index in [1.807, 2.05) is 30.3 Å². The maximum atomic E-state index is 12.8. The smallest absolute Gasteiger partial charge is 0.150 e. The highest BCUT2D eigenvalue weighted by Gasteiger charge is 2.00. The van der Waals surface area contributed by atoms with E-state index in [4.69, 9.17) is 0 Å². The van der Waals surface area contributed by atoms with Gasteiger partial charge in [0.2, 0.25) is 0 Å². The minimum absolute atomic E-state index is 0.307. The highest BCUT2D eigenvalue weighted by molar-refractivity contribution is 6.13. The number of benzene rings is 2. The van der Waals surface area contributed by atoms with E-state index in [0.29, 0.717) is 11.1 Å². The first kappa shape index (κ1) is 11.3. The number of rotatable bonds is 3. The molecule has 1 nitrogen and oxygen atoms in total. The van der Waals surface area contributed by atoms with Crippen LogP contribution < -0.4 is 0 Å².